The fraction of sp³-hybridized carbons (Fsp3) is 0.227. The lowest BCUT2D eigenvalue weighted by Crippen LogP contribution is -2.15. The standard InChI is InChI=1S/C22H24N4O3/c1-14(2)29-19-11-7-16(8-12-19)24-21(27)20-13-15(3)23-22(26-20)25-17-5-9-18(28-4)10-6-17/h5-14H,1-4H3,(H,24,27)(H,23,25,26). The average Bonchev–Trinajstić information content (AvgIpc) is 2.69. The van der Waals surface area contributed by atoms with Gasteiger partial charge in [0, 0.05) is 17.1 Å². The smallest absolute Gasteiger partial charge is 0.274 e. The van der Waals surface area contributed by atoms with E-state index in [0.29, 0.717) is 17.3 Å². The van der Waals surface area contributed by atoms with Gasteiger partial charge in [-0.3, -0.25) is 4.79 Å². The van der Waals surface area contributed by atoms with Crippen molar-refractivity contribution in [1.29, 1.82) is 0 Å². The Hall–Kier alpha value is -3.61. The molecule has 0 saturated heterocycles. The van der Waals surface area contributed by atoms with E-state index in [9.17, 15) is 4.79 Å². The highest BCUT2D eigenvalue weighted by Gasteiger charge is 2.12. The Morgan fingerprint density at radius 1 is 0.931 bits per heavy atom. The summed E-state index contributed by atoms with van der Waals surface area (Å²) in [6.07, 6.45) is 0.0936. The van der Waals surface area contributed by atoms with Crippen molar-refractivity contribution < 1.29 is 14.3 Å². The van der Waals surface area contributed by atoms with Crippen LogP contribution in [0.5, 0.6) is 11.5 Å². The molecule has 150 valence electrons. The first-order chi connectivity index (χ1) is 13.9. The van der Waals surface area contributed by atoms with Crippen molar-refractivity contribution >= 4 is 23.2 Å². The van der Waals surface area contributed by atoms with Crippen LogP contribution in [0.4, 0.5) is 17.3 Å². The van der Waals surface area contributed by atoms with Gasteiger partial charge >= 0.3 is 0 Å². The van der Waals surface area contributed by atoms with E-state index >= 15 is 0 Å². The number of ether oxygens (including phenoxy) is 2. The van der Waals surface area contributed by atoms with Gasteiger partial charge in [0.15, 0.2) is 0 Å². The highest BCUT2D eigenvalue weighted by molar-refractivity contribution is 6.03. The lowest BCUT2D eigenvalue weighted by molar-refractivity contribution is 0.102. The zero-order valence-corrected chi connectivity index (χ0v) is 16.9. The molecule has 2 aromatic carbocycles. The van der Waals surface area contributed by atoms with Crippen LogP contribution in [0.15, 0.2) is 54.6 Å². The third kappa shape index (κ3) is 5.68. The van der Waals surface area contributed by atoms with Crippen LogP contribution >= 0.6 is 0 Å². The van der Waals surface area contributed by atoms with E-state index in [0.717, 1.165) is 17.2 Å². The monoisotopic (exact) mass is 392 g/mol. The Balaban J connectivity index is 1.71. The van der Waals surface area contributed by atoms with E-state index in [4.69, 9.17) is 9.47 Å². The molecule has 0 bridgehead atoms. The molecule has 0 aliphatic heterocycles. The molecule has 3 aromatic rings. The molecule has 0 unspecified atom stereocenters. The van der Waals surface area contributed by atoms with Crippen molar-refractivity contribution in [1.82, 2.24) is 9.97 Å². The van der Waals surface area contributed by atoms with Crippen molar-refractivity contribution in [3.8, 4) is 11.5 Å². The normalized spacial score (nSPS) is 10.5. The second kappa shape index (κ2) is 9.05. The minimum absolute atomic E-state index is 0.0936. The van der Waals surface area contributed by atoms with Gasteiger partial charge in [0.2, 0.25) is 5.95 Å². The molecule has 2 N–H and O–H groups in total. The van der Waals surface area contributed by atoms with E-state index in [2.05, 4.69) is 20.6 Å². The third-order valence-electron chi connectivity index (χ3n) is 3.92. The summed E-state index contributed by atoms with van der Waals surface area (Å²) in [7, 11) is 1.61. The minimum atomic E-state index is -0.314. The molecule has 7 heteroatoms. The maximum Gasteiger partial charge on any atom is 0.274 e. The van der Waals surface area contributed by atoms with Crippen LogP contribution in [0, 0.1) is 6.92 Å². The molecule has 0 atom stereocenters. The Kier molecular flexibility index (Phi) is 6.29. The van der Waals surface area contributed by atoms with Gasteiger partial charge < -0.3 is 20.1 Å². The predicted molar refractivity (Wildman–Crippen MR) is 113 cm³/mol. The summed E-state index contributed by atoms with van der Waals surface area (Å²) in [5, 5.41) is 5.95. The molecule has 0 radical (unpaired) electrons. The molecule has 0 spiro atoms. The number of aryl methyl sites for hydroxylation is 1. The third-order valence-corrected chi connectivity index (χ3v) is 3.92. The average molecular weight is 392 g/mol. The summed E-state index contributed by atoms with van der Waals surface area (Å²) in [5.41, 5.74) is 2.41. The Morgan fingerprint density at radius 2 is 1.55 bits per heavy atom. The molecular weight excluding hydrogens is 368 g/mol. The van der Waals surface area contributed by atoms with E-state index in [1.54, 1.807) is 25.3 Å². The minimum Gasteiger partial charge on any atom is -0.497 e. The van der Waals surface area contributed by atoms with E-state index in [1.807, 2.05) is 57.2 Å². The fourth-order valence-corrected chi connectivity index (χ4v) is 2.63. The van der Waals surface area contributed by atoms with Gasteiger partial charge in [0.1, 0.15) is 17.2 Å². The van der Waals surface area contributed by atoms with Crippen LogP contribution in [0.1, 0.15) is 30.0 Å². The van der Waals surface area contributed by atoms with Gasteiger partial charge in [-0.15, -0.1) is 0 Å². The number of carbonyl (C=O) groups excluding carboxylic acids is 1. The number of amides is 1. The SMILES string of the molecule is COc1ccc(Nc2nc(C)cc(C(=O)Nc3ccc(OC(C)C)cc3)n2)cc1. The molecular formula is C22H24N4O3. The maximum atomic E-state index is 12.6. The Morgan fingerprint density at radius 3 is 2.17 bits per heavy atom. The summed E-state index contributed by atoms with van der Waals surface area (Å²) in [6.45, 7) is 5.74. The molecule has 0 saturated carbocycles. The van der Waals surface area contributed by atoms with Crippen LogP contribution in [-0.2, 0) is 0 Å². The van der Waals surface area contributed by atoms with Crippen molar-refractivity contribution in [3.05, 3.63) is 66.0 Å². The van der Waals surface area contributed by atoms with Gasteiger partial charge in [0.25, 0.3) is 5.91 Å². The molecule has 3 rings (SSSR count). The number of nitrogens with one attached hydrogen (secondary N) is 2. The molecule has 0 aliphatic rings. The number of carbonyl (C=O) groups is 1. The zero-order chi connectivity index (χ0) is 20.8. The highest BCUT2D eigenvalue weighted by Crippen LogP contribution is 2.20. The topological polar surface area (TPSA) is 85.4 Å². The van der Waals surface area contributed by atoms with Crippen molar-refractivity contribution in [2.24, 2.45) is 0 Å². The van der Waals surface area contributed by atoms with Crippen LogP contribution in [0.2, 0.25) is 0 Å². The predicted octanol–water partition coefficient (Wildman–Crippen LogP) is 4.58. The number of aromatic nitrogens is 2. The lowest BCUT2D eigenvalue weighted by Gasteiger charge is -2.11. The largest absolute Gasteiger partial charge is 0.497 e. The van der Waals surface area contributed by atoms with Crippen LogP contribution in [0.25, 0.3) is 0 Å². The van der Waals surface area contributed by atoms with Crippen LogP contribution in [0.3, 0.4) is 0 Å². The molecule has 0 aliphatic carbocycles. The number of benzene rings is 2. The number of rotatable bonds is 7. The summed E-state index contributed by atoms with van der Waals surface area (Å²) >= 11 is 0. The van der Waals surface area contributed by atoms with Crippen LogP contribution in [-0.4, -0.2) is 29.1 Å². The van der Waals surface area contributed by atoms with Crippen molar-refractivity contribution in [2.45, 2.75) is 26.9 Å². The molecule has 1 amide bonds. The van der Waals surface area contributed by atoms with Gasteiger partial charge in [0.05, 0.1) is 13.2 Å². The number of hydrogen-bond acceptors (Lipinski definition) is 6. The second-order valence-electron chi connectivity index (χ2n) is 6.72. The van der Waals surface area contributed by atoms with Crippen LogP contribution < -0.4 is 20.1 Å². The summed E-state index contributed by atoms with van der Waals surface area (Å²) in [5.74, 6) is 1.54. The first kappa shape index (κ1) is 20.1. The molecule has 0 fully saturated rings. The van der Waals surface area contributed by atoms with Gasteiger partial charge in [-0.05, 0) is 75.4 Å². The van der Waals surface area contributed by atoms with Gasteiger partial charge in [-0.25, -0.2) is 9.97 Å². The summed E-state index contributed by atoms with van der Waals surface area (Å²) in [4.78, 5) is 21.3. The summed E-state index contributed by atoms with van der Waals surface area (Å²) < 4.78 is 10.8. The van der Waals surface area contributed by atoms with Crippen molar-refractivity contribution in [3.63, 3.8) is 0 Å². The van der Waals surface area contributed by atoms with Crippen molar-refractivity contribution in [2.75, 3.05) is 17.7 Å². The van der Waals surface area contributed by atoms with Gasteiger partial charge in [-0.1, -0.05) is 0 Å². The summed E-state index contributed by atoms with van der Waals surface area (Å²) in [6, 6.07) is 16.2. The second-order valence-corrected chi connectivity index (χ2v) is 6.72. The van der Waals surface area contributed by atoms with E-state index in [1.165, 1.54) is 0 Å². The fourth-order valence-electron chi connectivity index (χ4n) is 2.63. The van der Waals surface area contributed by atoms with E-state index in [-0.39, 0.29) is 17.7 Å². The molecule has 29 heavy (non-hydrogen) atoms. The Labute approximate surface area is 170 Å². The lowest BCUT2D eigenvalue weighted by atomic mass is 10.2. The first-order valence-corrected chi connectivity index (χ1v) is 9.28. The number of anilines is 3. The maximum absolute atomic E-state index is 12.6. The highest BCUT2D eigenvalue weighted by atomic mass is 16.5. The molecule has 7 nitrogen and oxygen atoms in total. The number of methoxy groups -OCH3 is 1. The number of nitrogens with zero attached hydrogens (tertiary/aromatic N) is 2. The quantitative estimate of drug-likeness (QED) is 0.612. The van der Waals surface area contributed by atoms with E-state index < -0.39 is 0 Å². The Bertz CT molecular complexity index is 970. The van der Waals surface area contributed by atoms with Gasteiger partial charge in [-0.2, -0.15) is 0 Å². The number of hydrogen-bond donors (Lipinski definition) is 2. The first-order valence-electron chi connectivity index (χ1n) is 9.28. The zero-order valence-electron chi connectivity index (χ0n) is 16.9. The molecule has 1 aromatic heterocycles. The molecule has 1 heterocycles.